The zero-order valence-corrected chi connectivity index (χ0v) is 10.5. The summed E-state index contributed by atoms with van der Waals surface area (Å²) >= 11 is 0. The first kappa shape index (κ1) is 11.0. The number of piperazine rings is 1. The van der Waals surface area contributed by atoms with Crippen molar-refractivity contribution in [2.45, 2.75) is 51.0 Å². The summed E-state index contributed by atoms with van der Waals surface area (Å²) in [6.45, 7) is 5.08. The van der Waals surface area contributed by atoms with Crippen molar-refractivity contribution in [3.63, 3.8) is 0 Å². The van der Waals surface area contributed by atoms with E-state index in [4.69, 9.17) is 0 Å². The maximum Gasteiger partial charge on any atom is 0.0221 e. The number of fused-ring (bicyclic) bond motifs is 2. The third-order valence-electron chi connectivity index (χ3n) is 4.92. The highest BCUT2D eigenvalue weighted by Crippen LogP contribution is 2.49. The molecule has 0 bridgehead atoms. The van der Waals surface area contributed by atoms with E-state index < -0.39 is 0 Å². The average molecular weight is 222 g/mol. The first-order chi connectivity index (χ1) is 7.93. The Labute approximate surface area is 99.8 Å². The summed E-state index contributed by atoms with van der Waals surface area (Å²) in [6.07, 6.45) is 10.6. The number of hydrogen-bond donors (Lipinski definition) is 1. The van der Waals surface area contributed by atoms with Gasteiger partial charge in [-0.15, -0.1) is 0 Å². The lowest BCUT2D eigenvalue weighted by molar-refractivity contribution is 0.212. The van der Waals surface area contributed by atoms with Gasteiger partial charge in [-0.25, -0.2) is 0 Å². The Bertz CT molecular complexity index is 207. The van der Waals surface area contributed by atoms with Crippen molar-refractivity contribution in [1.29, 1.82) is 0 Å². The van der Waals surface area contributed by atoms with Gasteiger partial charge >= 0.3 is 0 Å². The van der Waals surface area contributed by atoms with Gasteiger partial charge in [-0.2, -0.15) is 0 Å². The van der Waals surface area contributed by atoms with Gasteiger partial charge in [-0.1, -0.05) is 25.7 Å². The summed E-state index contributed by atoms with van der Waals surface area (Å²) in [7, 11) is 0. The Morgan fingerprint density at radius 1 is 0.875 bits per heavy atom. The van der Waals surface area contributed by atoms with Crippen LogP contribution in [0.15, 0.2) is 0 Å². The Hall–Kier alpha value is -0.0800. The first-order valence-electron chi connectivity index (χ1n) is 7.38. The van der Waals surface area contributed by atoms with Crippen LogP contribution in [0.25, 0.3) is 0 Å². The van der Waals surface area contributed by atoms with E-state index in [1.165, 1.54) is 63.7 Å². The van der Waals surface area contributed by atoms with Crippen molar-refractivity contribution in [2.24, 2.45) is 11.8 Å². The van der Waals surface area contributed by atoms with Gasteiger partial charge in [-0.3, -0.25) is 4.90 Å². The van der Waals surface area contributed by atoms with Crippen LogP contribution in [0.1, 0.15) is 44.9 Å². The average Bonchev–Trinajstić information content (AvgIpc) is 2.98. The quantitative estimate of drug-likeness (QED) is 0.676. The van der Waals surface area contributed by atoms with Gasteiger partial charge < -0.3 is 5.32 Å². The molecular weight excluding hydrogens is 196 g/mol. The Morgan fingerprint density at radius 2 is 1.69 bits per heavy atom. The van der Waals surface area contributed by atoms with Crippen LogP contribution in [0.2, 0.25) is 0 Å². The monoisotopic (exact) mass is 222 g/mol. The van der Waals surface area contributed by atoms with Crippen LogP contribution in [-0.2, 0) is 0 Å². The SMILES string of the molecule is C1CC2CNCCN2C1.C1CCC2CC2C1. The molecule has 3 unspecified atom stereocenters. The lowest BCUT2D eigenvalue weighted by atomic mass is 10.0. The molecule has 2 saturated heterocycles. The molecular formula is C14H26N2. The summed E-state index contributed by atoms with van der Waals surface area (Å²) < 4.78 is 0. The molecule has 0 aromatic rings. The second-order valence-corrected chi connectivity index (χ2v) is 6.08. The van der Waals surface area contributed by atoms with Crippen molar-refractivity contribution in [2.75, 3.05) is 26.2 Å². The molecule has 0 spiro atoms. The summed E-state index contributed by atoms with van der Waals surface area (Å²) in [5.41, 5.74) is 0. The van der Waals surface area contributed by atoms with Gasteiger partial charge in [0, 0.05) is 25.7 Å². The van der Waals surface area contributed by atoms with E-state index in [-0.39, 0.29) is 0 Å². The van der Waals surface area contributed by atoms with E-state index >= 15 is 0 Å². The molecule has 0 radical (unpaired) electrons. The highest BCUT2D eigenvalue weighted by molar-refractivity contribution is 4.88. The fourth-order valence-electron chi connectivity index (χ4n) is 3.74. The molecule has 3 atom stereocenters. The Balaban J connectivity index is 0.000000104. The standard InChI is InChI=1S/C7H14N2.C7H12/c1-2-7-6-8-3-5-9(7)4-1;1-2-4-7-5-6(7)3-1/h7-8H,1-6H2;6-7H,1-5H2. The van der Waals surface area contributed by atoms with Gasteiger partial charge in [-0.05, 0) is 37.6 Å². The topological polar surface area (TPSA) is 15.3 Å². The van der Waals surface area contributed by atoms with Gasteiger partial charge in [0.25, 0.3) is 0 Å². The summed E-state index contributed by atoms with van der Waals surface area (Å²) in [4.78, 5) is 2.61. The van der Waals surface area contributed by atoms with Crippen LogP contribution in [-0.4, -0.2) is 37.1 Å². The van der Waals surface area contributed by atoms with Gasteiger partial charge in [0.15, 0.2) is 0 Å². The third kappa shape index (κ3) is 2.60. The van der Waals surface area contributed by atoms with E-state index in [1.807, 2.05) is 0 Å². The molecule has 2 nitrogen and oxygen atoms in total. The molecule has 4 fully saturated rings. The molecule has 0 aromatic carbocycles. The van der Waals surface area contributed by atoms with Crippen LogP contribution in [0.4, 0.5) is 0 Å². The third-order valence-corrected chi connectivity index (χ3v) is 4.92. The highest BCUT2D eigenvalue weighted by Gasteiger charge is 2.37. The van der Waals surface area contributed by atoms with Crippen LogP contribution >= 0.6 is 0 Å². The molecule has 2 saturated carbocycles. The second-order valence-electron chi connectivity index (χ2n) is 6.08. The number of hydrogen-bond acceptors (Lipinski definition) is 2. The molecule has 0 amide bonds. The predicted octanol–water partition coefficient (Wildman–Crippen LogP) is 2.25. The Kier molecular flexibility index (Phi) is 3.49. The molecule has 2 heteroatoms. The lowest BCUT2D eigenvalue weighted by Gasteiger charge is -2.29. The number of nitrogens with one attached hydrogen (secondary N) is 1. The maximum absolute atomic E-state index is 3.41. The maximum atomic E-state index is 3.41. The van der Waals surface area contributed by atoms with Crippen molar-refractivity contribution in [3.05, 3.63) is 0 Å². The van der Waals surface area contributed by atoms with Crippen molar-refractivity contribution in [1.82, 2.24) is 10.2 Å². The molecule has 2 aliphatic carbocycles. The fourth-order valence-corrected chi connectivity index (χ4v) is 3.74. The lowest BCUT2D eigenvalue weighted by Crippen LogP contribution is -2.47. The molecule has 4 rings (SSSR count). The van der Waals surface area contributed by atoms with Crippen LogP contribution in [0.5, 0.6) is 0 Å². The normalized spacial score (nSPS) is 41.6. The summed E-state index contributed by atoms with van der Waals surface area (Å²) in [6, 6.07) is 0.888. The minimum atomic E-state index is 0.888. The van der Waals surface area contributed by atoms with Gasteiger partial charge in [0.1, 0.15) is 0 Å². The highest BCUT2D eigenvalue weighted by atomic mass is 15.2. The van der Waals surface area contributed by atoms with Crippen molar-refractivity contribution in [3.8, 4) is 0 Å². The van der Waals surface area contributed by atoms with Crippen LogP contribution < -0.4 is 5.32 Å². The Morgan fingerprint density at radius 3 is 2.38 bits per heavy atom. The molecule has 1 N–H and O–H groups in total. The summed E-state index contributed by atoms with van der Waals surface area (Å²) in [5.74, 6) is 2.41. The van der Waals surface area contributed by atoms with Crippen molar-refractivity contribution >= 4 is 0 Å². The van der Waals surface area contributed by atoms with Crippen LogP contribution in [0.3, 0.4) is 0 Å². The minimum Gasteiger partial charge on any atom is -0.314 e. The molecule has 16 heavy (non-hydrogen) atoms. The van der Waals surface area contributed by atoms with Gasteiger partial charge in [0.05, 0.1) is 0 Å². The fraction of sp³-hybridized carbons (Fsp3) is 1.00. The zero-order valence-electron chi connectivity index (χ0n) is 10.5. The first-order valence-corrected chi connectivity index (χ1v) is 7.38. The van der Waals surface area contributed by atoms with E-state index in [0.717, 1.165) is 6.04 Å². The van der Waals surface area contributed by atoms with E-state index in [9.17, 15) is 0 Å². The largest absolute Gasteiger partial charge is 0.314 e. The van der Waals surface area contributed by atoms with Crippen LogP contribution in [0, 0.1) is 11.8 Å². The second kappa shape index (κ2) is 5.05. The number of nitrogens with zero attached hydrogens (tertiary/aromatic N) is 1. The van der Waals surface area contributed by atoms with Gasteiger partial charge in [0.2, 0.25) is 0 Å². The van der Waals surface area contributed by atoms with E-state index in [0.29, 0.717) is 0 Å². The summed E-state index contributed by atoms with van der Waals surface area (Å²) in [5, 5.41) is 3.41. The van der Waals surface area contributed by atoms with E-state index in [2.05, 4.69) is 10.2 Å². The van der Waals surface area contributed by atoms with E-state index in [1.54, 1.807) is 19.3 Å². The predicted molar refractivity (Wildman–Crippen MR) is 67.5 cm³/mol. The molecule has 2 heterocycles. The molecule has 0 aromatic heterocycles. The zero-order chi connectivity index (χ0) is 10.8. The molecule has 2 aliphatic heterocycles. The minimum absolute atomic E-state index is 0.888. The number of rotatable bonds is 0. The molecule has 4 aliphatic rings. The smallest absolute Gasteiger partial charge is 0.0221 e. The molecule has 92 valence electrons. The van der Waals surface area contributed by atoms with Crippen molar-refractivity contribution < 1.29 is 0 Å².